The standard InChI is InChI=1S/2C4H9.CH4.Al.H/c2*1-4(2)3;;;/h2*4H,1H2,2-3H3;1H4;;/q;;;+1;-1. The van der Waals surface area contributed by atoms with Crippen molar-refractivity contribution in [3.8, 4) is 0 Å². The van der Waals surface area contributed by atoms with Gasteiger partial charge in [0.2, 0.25) is 0 Å². The van der Waals surface area contributed by atoms with E-state index in [4.69, 9.17) is 0 Å². The van der Waals surface area contributed by atoms with Crippen LogP contribution in [0, 0.1) is 11.8 Å². The van der Waals surface area contributed by atoms with Gasteiger partial charge in [-0.25, -0.2) is 0 Å². The Labute approximate surface area is 74.6 Å². The van der Waals surface area contributed by atoms with E-state index in [1.165, 1.54) is 10.6 Å². The van der Waals surface area contributed by atoms with Crippen LogP contribution in [0.2, 0.25) is 10.6 Å². The Hall–Kier alpha value is 0.532. The third kappa shape index (κ3) is 11.3. The van der Waals surface area contributed by atoms with Crippen molar-refractivity contribution >= 4 is 15.2 Å². The summed E-state index contributed by atoms with van der Waals surface area (Å²) in [5.74, 6) is 1.86. The van der Waals surface area contributed by atoms with Crippen molar-refractivity contribution in [2.75, 3.05) is 0 Å². The van der Waals surface area contributed by atoms with Crippen LogP contribution in [0.15, 0.2) is 0 Å². The van der Waals surface area contributed by atoms with E-state index in [1.807, 2.05) is 0 Å². The van der Waals surface area contributed by atoms with Crippen LogP contribution in [0.4, 0.5) is 0 Å². The maximum absolute atomic E-state index is 2.31. The number of rotatable bonds is 4. The van der Waals surface area contributed by atoms with E-state index < -0.39 is 0 Å². The van der Waals surface area contributed by atoms with Crippen molar-refractivity contribution in [3.05, 3.63) is 0 Å². The Morgan fingerprint density at radius 1 is 1.00 bits per heavy atom. The van der Waals surface area contributed by atoms with Crippen molar-refractivity contribution in [2.24, 2.45) is 11.8 Å². The minimum absolute atomic E-state index is 0. The summed E-state index contributed by atoms with van der Waals surface area (Å²) in [5.41, 5.74) is 0. The molecule has 0 atom stereocenters. The maximum atomic E-state index is 2.31. The molecule has 1 heteroatoms. The molecule has 0 radical (unpaired) electrons. The average molecular weight is 158 g/mol. The zero-order valence-electron chi connectivity index (χ0n) is 8.15. The van der Waals surface area contributed by atoms with Crippen LogP contribution in [0.3, 0.4) is 0 Å². The molecule has 0 heterocycles. The summed E-state index contributed by atoms with van der Waals surface area (Å²) in [5, 5.41) is 2.97. The minimum Gasteiger partial charge on any atom is -1.00 e. The van der Waals surface area contributed by atoms with Gasteiger partial charge in [0, 0.05) is 0 Å². The van der Waals surface area contributed by atoms with E-state index in [1.54, 1.807) is 0 Å². The molecule has 0 aliphatic heterocycles. The first-order valence-electron chi connectivity index (χ1n) is 3.94. The largest absolute Gasteiger partial charge is 1.00 e. The van der Waals surface area contributed by atoms with Crippen LogP contribution in [0.25, 0.3) is 0 Å². The van der Waals surface area contributed by atoms with Gasteiger partial charge in [-0.15, -0.1) is 0 Å². The molecule has 0 unspecified atom stereocenters. The fourth-order valence-electron chi connectivity index (χ4n) is 0.763. The molecule has 0 aliphatic rings. The van der Waals surface area contributed by atoms with Gasteiger partial charge in [0.15, 0.2) is 0 Å². The zero-order chi connectivity index (χ0) is 7.28. The molecule has 10 heavy (non-hydrogen) atoms. The van der Waals surface area contributed by atoms with Crippen LogP contribution >= 0.6 is 0 Å². The third-order valence-electron chi connectivity index (χ3n) is 1.28. The smallest absolute Gasteiger partial charge is 1.00 e. The van der Waals surface area contributed by atoms with Gasteiger partial charge in [0.1, 0.15) is 0 Å². The molecule has 0 N–H and O–H groups in total. The zero-order valence-corrected chi connectivity index (χ0v) is 8.30. The molecule has 0 spiro atoms. The Bertz CT molecular complexity index is 54.6. The van der Waals surface area contributed by atoms with E-state index in [0.717, 1.165) is 27.1 Å². The Morgan fingerprint density at radius 3 is 1.50 bits per heavy atom. The fraction of sp³-hybridized carbons (Fsp3) is 1.00. The second-order valence-electron chi connectivity index (χ2n) is 3.55. The van der Waals surface area contributed by atoms with Gasteiger partial charge >= 0.3 is 65.3 Å². The Balaban J connectivity index is -0.000000320. The average Bonchev–Trinajstić information content (AvgIpc) is 1.63. The molecule has 0 saturated carbocycles. The van der Waals surface area contributed by atoms with E-state index in [9.17, 15) is 0 Å². The van der Waals surface area contributed by atoms with E-state index in [2.05, 4.69) is 27.7 Å². The Morgan fingerprint density at radius 2 is 1.30 bits per heavy atom. The molecule has 0 saturated heterocycles. The molecule has 0 aromatic heterocycles. The monoisotopic (exact) mass is 158 g/mol. The van der Waals surface area contributed by atoms with Gasteiger partial charge in [-0.05, 0) is 0 Å². The summed E-state index contributed by atoms with van der Waals surface area (Å²) >= 11 is 0.755. The molecule has 0 aromatic carbocycles. The molecular formula is C9H23Al. The van der Waals surface area contributed by atoms with Gasteiger partial charge in [-0.2, -0.15) is 0 Å². The molecule has 0 amide bonds. The van der Waals surface area contributed by atoms with Crippen molar-refractivity contribution < 1.29 is 1.43 Å². The van der Waals surface area contributed by atoms with Crippen molar-refractivity contribution in [2.45, 2.75) is 45.7 Å². The van der Waals surface area contributed by atoms with Gasteiger partial charge in [-0.3, -0.25) is 0 Å². The van der Waals surface area contributed by atoms with Gasteiger partial charge < -0.3 is 1.43 Å². The first kappa shape index (κ1) is 13.1. The summed E-state index contributed by atoms with van der Waals surface area (Å²) in [7, 11) is 0. The van der Waals surface area contributed by atoms with Crippen LogP contribution in [-0.4, -0.2) is 15.2 Å². The molecule has 0 bridgehead atoms. The van der Waals surface area contributed by atoms with Crippen molar-refractivity contribution in [1.29, 1.82) is 0 Å². The summed E-state index contributed by atoms with van der Waals surface area (Å²) in [6.45, 7) is 9.25. The minimum atomic E-state index is 0. The van der Waals surface area contributed by atoms with E-state index in [-0.39, 0.29) is 8.85 Å². The number of hydrogen-bond donors (Lipinski definition) is 0. The predicted molar refractivity (Wildman–Crippen MR) is 52.9 cm³/mol. The third-order valence-corrected chi connectivity index (χ3v) is 3.83. The summed E-state index contributed by atoms with van der Waals surface area (Å²) in [6.07, 6.45) is 0. The van der Waals surface area contributed by atoms with Gasteiger partial charge in [0.05, 0.1) is 0 Å². The summed E-state index contributed by atoms with van der Waals surface area (Å²) < 4.78 is 0. The van der Waals surface area contributed by atoms with Crippen molar-refractivity contribution in [1.82, 2.24) is 0 Å². The quantitative estimate of drug-likeness (QED) is 0.548. The SMILES string of the molecule is C.CC(C)[CH2][Al+][CH2]C(C)C.[H-]. The fourth-order valence-corrected chi connectivity index (χ4v) is 2.29. The topological polar surface area (TPSA) is 0 Å². The first-order chi connectivity index (χ1) is 4.13. The van der Waals surface area contributed by atoms with Crippen LogP contribution in [-0.2, 0) is 0 Å². The molecule has 0 aromatic rings. The molecule has 0 aliphatic carbocycles. The number of hydrogen-bond acceptors (Lipinski definition) is 0. The van der Waals surface area contributed by atoms with E-state index >= 15 is 0 Å². The summed E-state index contributed by atoms with van der Waals surface area (Å²) in [6, 6.07) is 0. The first-order valence-corrected chi connectivity index (χ1v) is 5.58. The molecule has 62 valence electrons. The second-order valence-corrected chi connectivity index (χ2v) is 5.07. The van der Waals surface area contributed by atoms with Crippen LogP contribution < -0.4 is 0 Å². The van der Waals surface area contributed by atoms with Gasteiger partial charge in [-0.1, -0.05) is 7.43 Å². The molecular weight excluding hydrogens is 135 g/mol. The van der Waals surface area contributed by atoms with E-state index in [0.29, 0.717) is 0 Å². The Kier molecular flexibility index (Phi) is 10.0. The molecule has 0 nitrogen and oxygen atoms in total. The van der Waals surface area contributed by atoms with Gasteiger partial charge in [0.25, 0.3) is 0 Å². The van der Waals surface area contributed by atoms with Crippen LogP contribution in [0.5, 0.6) is 0 Å². The molecule has 0 rings (SSSR count). The summed E-state index contributed by atoms with van der Waals surface area (Å²) in [4.78, 5) is 0. The molecule has 0 fully saturated rings. The van der Waals surface area contributed by atoms with Crippen LogP contribution in [0.1, 0.15) is 36.5 Å². The normalized spacial score (nSPS) is 9.40. The predicted octanol–water partition coefficient (Wildman–Crippen LogP) is 3.59. The maximum Gasteiger partial charge on any atom is -1.00 e. The second kappa shape index (κ2) is 7.64. The van der Waals surface area contributed by atoms with Crippen molar-refractivity contribution in [3.63, 3.8) is 0 Å².